The highest BCUT2D eigenvalue weighted by molar-refractivity contribution is 6.08. The molecule has 2 aromatic carbocycles. The maximum Gasteiger partial charge on any atom is 0.351 e. The molecule has 0 fully saturated rings. The van der Waals surface area contributed by atoms with Gasteiger partial charge in [0.15, 0.2) is 5.78 Å². The van der Waals surface area contributed by atoms with Crippen LogP contribution < -0.4 is 10.4 Å². The Morgan fingerprint density at radius 2 is 1.92 bits per heavy atom. The van der Waals surface area contributed by atoms with Crippen LogP contribution >= 0.6 is 0 Å². The van der Waals surface area contributed by atoms with Crippen molar-refractivity contribution in [1.29, 1.82) is 0 Å². The van der Waals surface area contributed by atoms with E-state index in [0.29, 0.717) is 23.6 Å². The molecule has 11 heteroatoms. The van der Waals surface area contributed by atoms with Gasteiger partial charge in [0, 0.05) is 18.2 Å². The van der Waals surface area contributed by atoms with Crippen LogP contribution in [0.1, 0.15) is 32.9 Å². The van der Waals surface area contributed by atoms with Gasteiger partial charge < -0.3 is 14.3 Å². The SMILES string of the molecule is Cc1cc(O)c(C(=O)/C=C/c2ccc(OCc3cn(Cc4ccc([N+](=O)[O-])cc4)nn3)cc2)c(=O)o1. The van der Waals surface area contributed by atoms with Crippen LogP contribution in [0, 0.1) is 17.0 Å². The number of nitro groups is 1. The van der Waals surface area contributed by atoms with Gasteiger partial charge in [-0.2, -0.15) is 0 Å². The highest BCUT2D eigenvalue weighted by Crippen LogP contribution is 2.18. The van der Waals surface area contributed by atoms with E-state index in [9.17, 15) is 24.8 Å². The minimum Gasteiger partial charge on any atom is -0.507 e. The molecule has 0 spiro atoms. The molecule has 4 aromatic rings. The number of nitro benzene ring substituents is 1. The van der Waals surface area contributed by atoms with Gasteiger partial charge >= 0.3 is 5.63 Å². The molecule has 0 aliphatic heterocycles. The zero-order valence-corrected chi connectivity index (χ0v) is 19.0. The van der Waals surface area contributed by atoms with Crippen LogP contribution in [0.25, 0.3) is 6.08 Å². The number of non-ortho nitro benzene ring substituents is 1. The fourth-order valence-electron chi connectivity index (χ4n) is 3.30. The van der Waals surface area contributed by atoms with Gasteiger partial charge in [0.25, 0.3) is 5.69 Å². The molecule has 4 rings (SSSR count). The number of benzene rings is 2. The van der Waals surface area contributed by atoms with Gasteiger partial charge in [0.05, 0.1) is 17.7 Å². The maximum atomic E-state index is 12.3. The molecule has 0 bridgehead atoms. The van der Waals surface area contributed by atoms with Crippen molar-refractivity contribution in [2.75, 3.05) is 0 Å². The van der Waals surface area contributed by atoms with E-state index >= 15 is 0 Å². The Bertz CT molecular complexity index is 1490. The Balaban J connectivity index is 1.32. The van der Waals surface area contributed by atoms with Gasteiger partial charge in [-0.1, -0.05) is 35.6 Å². The summed E-state index contributed by atoms with van der Waals surface area (Å²) in [5.74, 6) is -0.314. The van der Waals surface area contributed by atoms with Crippen molar-refractivity contribution in [1.82, 2.24) is 15.0 Å². The van der Waals surface area contributed by atoms with Crippen LogP contribution in [0.4, 0.5) is 5.69 Å². The molecule has 0 aliphatic carbocycles. The van der Waals surface area contributed by atoms with Crippen LogP contribution in [0.5, 0.6) is 11.5 Å². The summed E-state index contributed by atoms with van der Waals surface area (Å²) in [5.41, 5.74) is 0.842. The normalized spacial score (nSPS) is 11.0. The Hall–Kier alpha value is -5.06. The maximum absolute atomic E-state index is 12.3. The molecule has 182 valence electrons. The molecular formula is C25H20N4O7. The highest BCUT2D eigenvalue weighted by atomic mass is 16.6. The van der Waals surface area contributed by atoms with Crippen LogP contribution in [0.15, 0.2) is 76.1 Å². The van der Waals surface area contributed by atoms with E-state index in [-0.39, 0.29) is 18.1 Å². The first-order valence-electron chi connectivity index (χ1n) is 10.7. The first-order valence-corrected chi connectivity index (χ1v) is 10.7. The van der Waals surface area contributed by atoms with E-state index in [1.165, 1.54) is 37.3 Å². The number of ether oxygens (including phenoxy) is 1. The smallest absolute Gasteiger partial charge is 0.351 e. The second kappa shape index (κ2) is 10.5. The zero-order valence-electron chi connectivity index (χ0n) is 19.0. The Labute approximate surface area is 204 Å². The minimum absolute atomic E-state index is 0.0256. The topological polar surface area (TPSA) is 151 Å². The Morgan fingerprint density at radius 1 is 1.19 bits per heavy atom. The lowest BCUT2D eigenvalue weighted by atomic mass is 10.1. The van der Waals surface area contributed by atoms with Crippen molar-refractivity contribution >= 4 is 17.5 Å². The lowest BCUT2D eigenvalue weighted by Gasteiger charge is -2.04. The zero-order chi connectivity index (χ0) is 25.7. The molecule has 1 N–H and O–H groups in total. The molecule has 0 unspecified atom stereocenters. The van der Waals surface area contributed by atoms with E-state index < -0.39 is 27.6 Å². The minimum atomic E-state index is -0.893. The fraction of sp³-hybridized carbons (Fsp3) is 0.120. The van der Waals surface area contributed by atoms with Crippen LogP contribution in [-0.2, 0) is 13.2 Å². The number of carbonyl (C=O) groups excluding carboxylic acids is 1. The Morgan fingerprint density at radius 3 is 2.58 bits per heavy atom. The van der Waals surface area contributed by atoms with Gasteiger partial charge in [-0.05, 0) is 36.3 Å². The number of hydrogen-bond donors (Lipinski definition) is 1. The molecule has 2 heterocycles. The van der Waals surface area contributed by atoms with Crippen molar-refractivity contribution in [3.63, 3.8) is 0 Å². The first-order chi connectivity index (χ1) is 17.3. The molecule has 2 aromatic heterocycles. The van der Waals surface area contributed by atoms with E-state index in [4.69, 9.17) is 9.15 Å². The van der Waals surface area contributed by atoms with Gasteiger partial charge in [-0.25, -0.2) is 9.48 Å². The van der Waals surface area contributed by atoms with E-state index in [2.05, 4.69) is 10.3 Å². The summed E-state index contributed by atoms with van der Waals surface area (Å²) in [7, 11) is 0. The summed E-state index contributed by atoms with van der Waals surface area (Å²) in [5, 5.41) is 28.7. The van der Waals surface area contributed by atoms with Crippen molar-refractivity contribution in [2.45, 2.75) is 20.1 Å². The third-order valence-electron chi connectivity index (χ3n) is 5.07. The van der Waals surface area contributed by atoms with E-state index in [1.54, 1.807) is 47.3 Å². The van der Waals surface area contributed by atoms with Crippen LogP contribution in [-0.4, -0.2) is 30.8 Å². The van der Waals surface area contributed by atoms with Gasteiger partial charge in [-0.3, -0.25) is 14.9 Å². The molecule has 0 saturated carbocycles. The predicted molar refractivity (Wildman–Crippen MR) is 128 cm³/mol. The molecule has 0 aliphatic rings. The number of allylic oxidation sites excluding steroid dienone is 1. The number of nitrogens with zero attached hydrogens (tertiary/aromatic N) is 4. The second-order valence-electron chi connectivity index (χ2n) is 7.79. The molecule has 0 saturated heterocycles. The van der Waals surface area contributed by atoms with E-state index in [0.717, 1.165) is 5.56 Å². The van der Waals surface area contributed by atoms with Crippen molar-refractivity contribution in [2.24, 2.45) is 0 Å². The fourth-order valence-corrected chi connectivity index (χ4v) is 3.30. The molecule has 36 heavy (non-hydrogen) atoms. The number of carbonyl (C=O) groups is 1. The lowest BCUT2D eigenvalue weighted by Crippen LogP contribution is -2.12. The number of aryl methyl sites for hydroxylation is 1. The number of hydrogen-bond acceptors (Lipinski definition) is 9. The summed E-state index contributed by atoms with van der Waals surface area (Å²) < 4.78 is 12.2. The summed E-state index contributed by atoms with van der Waals surface area (Å²) in [6.07, 6.45) is 4.41. The standard InChI is InChI=1S/C25H20N4O7/c1-16-12-23(31)24(25(32)36-16)22(30)11-6-17-4-9-21(10-5-17)35-15-19-14-28(27-26-19)13-18-2-7-20(8-3-18)29(33)34/h2-12,14,31H,13,15H2,1H3/b11-6+. The Kier molecular flexibility index (Phi) is 7.00. The van der Waals surface area contributed by atoms with Crippen molar-refractivity contribution < 1.29 is 24.0 Å². The quantitative estimate of drug-likeness (QED) is 0.161. The highest BCUT2D eigenvalue weighted by Gasteiger charge is 2.15. The van der Waals surface area contributed by atoms with Crippen LogP contribution in [0.2, 0.25) is 0 Å². The summed E-state index contributed by atoms with van der Waals surface area (Å²) in [6.45, 7) is 2.09. The third kappa shape index (κ3) is 5.89. The summed E-state index contributed by atoms with van der Waals surface area (Å²) in [4.78, 5) is 34.4. The van der Waals surface area contributed by atoms with Gasteiger partial charge in [-0.15, -0.1) is 5.10 Å². The molecule has 11 nitrogen and oxygen atoms in total. The summed E-state index contributed by atoms with van der Waals surface area (Å²) in [6, 6.07) is 14.3. The number of aromatic nitrogens is 3. The van der Waals surface area contributed by atoms with Crippen LogP contribution in [0.3, 0.4) is 0 Å². The second-order valence-corrected chi connectivity index (χ2v) is 7.79. The first kappa shape index (κ1) is 24.1. The lowest BCUT2D eigenvalue weighted by molar-refractivity contribution is -0.384. The van der Waals surface area contributed by atoms with Crippen molar-refractivity contribution in [3.8, 4) is 11.5 Å². The van der Waals surface area contributed by atoms with Gasteiger partial charge in [0.1, 0.15) is 35.1 Å². The van der Waals surface area contributed by atoms with Crippen molar-refractivity contribution in [3.05, 3.63) is 116 Å². The largest absolute Gasteiger partial charge is 0.507 e. The number of ketones is 1. The number of rotatable bonds is 9. The average molecular weight is 488 g/mol. The summed E-state index contributed by atoms with van der Waals surface area (Å²) >= 11 is 0. The molecular weight excluding hydrogens is 468 g/mol. The average Bonchev–Trinajstić information content (AvgIpc) is 3.29. The molecule has 0 atom stereocenters. The van der Waals surface area contributed by atoms with Gasteiger partial charge in [0.2, 0.25) is 0 Å². The monoisotopic (exact) mass is 488 g/mol. The molecule has 0 amide bonds. The third-order valence-corrected chi connectivity index (χ3v) is 5.07. The number of aromatic hydroxyl groups is 1. The molecule has 0 radical (unpaired) electrons. The van der Waals surface area contributed by atoms with E-state index in [1.807, 2.05) is 0 Å². The predicted octanol–water partition coefficient (Wildman–Crippen LogP) is 3.68.